The first-order valence-electron chi connectivity index (χ1n) is 6.19. The van der Waals surface area contributed by atoms with Crippen molar-refractivity contribution in [2.75, 3.05) is 32.1 Å². The van der Waals surface area contributed by atoms with Crippen LogP contribution in [0.15, 0.2) is 38.9 Å². The van der Waals surface area contributed by atoms with Crippen LogP contribution in [0, 0.1) is 0 Å². The summed E-state index contributed by atoms with van der Waals surface area (Å²) in [6, 6.07) is 8.20. The largest absolute Gasteiger partial charge is 0.378 e. The minimum atomic E-state index is 0.781. The molecule has 6 heteroatoms. The molecule has 0 aromatic heterocycles. The van der Waals surface area contributed by atoms with Crippen LogP contribution in [0.25, 0.3) is 0 Å². The molecule has 2 aliphatic heterocycles. The van der Waals surface area contributed by atoms with Gasteiger partial charge in [-0.25, -0.2) is 0 Å². The fraction of sp³-hybridized carbons (Fsp3) is 0.385. The second-order valence-electron chi connectivity index (χ2n) is 4.32. The third kappa shape index (κ3) is 3.19. The summed E-state index contributed by atoms with van der Waals surface area (Å²) < 4.78 is 6.43. The molecule has 1 fully saturated rings. The van der Waals surface area contributed by atoms with Gasteiger partial charge in [-0.05, 0) is 17.7 Å². The highest BCUT2D eigenvalue weighted by Crippen LogP contribution is 2.20. The van der Waals surface area contributed by atoms with Crippen molar-refractivity contribution in [1.82, 2.24) is 4.90 Å². The van der Waals surface area contributed by atoms with Crippen LogP contribution in [0.1, 0.15) is 5.56 Å². The molecule has 1 aromatic rings. The van der Waals surface area contributed by atoms with Gasteiger partial charge in [-0.2, -0.15) is 5.10 Å². The molecule has 0 amide bonds. The third-order valence-electron chi connectivity index (χ3n) is 3.05. The third-order valence-corrected chi connectivity index (χ3v) is 4.60. The van der Waals surface area contributed by atoms with Gasteiger partial charge in [0.2, 0.25) is 0 Å². The van der Waals surface area contributed by atoms with E-state index < -0.39 is 0 Å². The monoisotopic (exact) mass is 339 g/mol. The number of ether oxygens (including phenoxy) is 1. The van der Waals surface area contributed by atoms with Crippen LogP contribution in [-0.4, -0.2) is 47.8 Å². The summed E-state index contributed by atoms with van der Waals surface area (Å²) >= 11 is 5.19. The molecule has 0 radical (unpaired) electrons. The molecule has 0 unspecified atom stereocenters. The molecule has 2 heterocycles. The fourth-order valence-corrected chi connectivity index (χ4v) is 3.20. The van der Waals surface area contributed by atoms with Gasteiger partial charge in [0.1, 0.15) is 0 Å². The lowest BCUT2D eigenvalue weighted by Crippen LogP contribution is -2.40. The highest BCUT2D eigenvalue weighted by atomic mass is 79.9. The number of amidine groups is 1. The Labute approximate surface area is 125 Å². The Morgan fingerprint density at radius 2 is 1.84 bits per heavy atom. The van der Waals surface area contributed by atoms with Crippen molar-refractivity contribution in [2.45, 2.75) is 0 Å². The molecule has 0 bridgehead atoms. The summed E-state index contributed by atoms with van der Waals surface area (Å²) in [5, 5.41) is 9.75. The van der Waals surface area contributed by atoms with Crippen LogP contribution < -0.4 is 0 Å². The van der Waals surface area contributed by atoms with Gasteiger partial charge in [0, 0.05) is 23.3 Å². The van der Waals surface area contributed by atoms with Crippen molar-refractivity contribution >= 4 is 38.6 Å². The first-order chi connectivity index (χ1) is 9.33. The topological polar surface area (TPSA) is 37.2 Å². The molecular weight excluding hydrogens is 326 g/mol. The summed E-state index contributed by atoms with van der Waals surface area (Å²) in [4.78, 5) is 2.25. The van der Waals surface area contributed by atoms with E-state index >= 15 is 0 Å². The van der Waals surface area contributed by atoms with E-state index in [0.29, 0.717) is 0 Å². The molecule has 3 rings (SSSR count). The second kappa shape index (κ2) is 6.07. The SMILES string of the molecule is Brc1ccc(C2=NN=C(N3CCOCC3)SC2)cc1. The highest BCUT2D eigenvalue weighted by Gasteiger charge is 2.19. The Balaban J connectivity index is 1.74. The summed E-state index contributed by atoms with van der Waals surface area (Å²) in [6.07, 6.45) is 0. The summed E-state index contributed by atoms with van der Waals surface area (Å²) in [6.45, 7) is 3.38. The van der Waals surface area contributed by atoms with Crippen LogP contribution in [0.2, 0.25) is 0 Å². The molecule has 2 aliphatic rings. The van der Waals surface area contributed by atoms with Crippen LogP contribution in [0.4, 0.5) is 0 Å². The van der Waals surface area contributed by atoms with E-state index in [1.165, 1.54) is 0 Å². The van der Waals surface area contributed by atoms with E-state index in [1.54, 1.807) is 11.8 Å². The number of hydrogen-bond acceptors (Lipinski definition) is 5. The molecule has 0 N–H and O–H groups in total. The van der Waals surface area contributed by atoms with E-state index in [1.807, 2.05) is 12.1 Å². The average molecular weight is 340 g/mol. The van der Waals surface area contributed by atoms with Gasteiger partial charge in [0.15, 0.2) is 5.17 Å². The Kier molecular flexibility index (Phi) is 4.20. The van der Waals surface area contributed by atoms with E-state index in [4.69, 9.17) is 4.74 Å². The number of benzene rings is 1. The second-order valence-corrected chi connectivity index (χ2v) is 6.18. The Hall–Kier alpha value is -0.850. The maximum atomic E-state index is 5.35. The molecule has 0 spiro atoms. The number of rotatable bonds is 1. The molecule has 4 nitrogen and oxygen atoms in total. The molecule has 0 atom stereocenters. The molecule has 1 aromatic carbocycles. The van der Waals surface area contributed by atoms with Crippen LogP contribution in [0.3, 0.4) is 0 Å². The van der Waals surface area contributed by atoms with E-state index in [0.717, 1.165) is 53.0 Å². The quantitative estimate of drug-likeness (QED) is 0.789. The van der Waals surface area contributed by atoms with E-state index in [2.05, 4.69) is 43.2 Å². The van der Waals surface area contributed by atoms with Crippen molar-refractivity contribution in [3.63, 3.8) is 0 Å². The first-order valence-corrected chi connectivity index (χ1v) is 7.97. The highest BCUT2D eigenvalue weighted by molar-refractivity contribution is 9.10. The lowest BCUT2D eigenvalue weighted by atomic mass is 10.1. The summed E-state index contributed by atoms with van der Waals surface area (Å²) in [7, 11) is 0. The van der Waals surface area contributed by atoms with Crippen molar-refractivity contribution < 1.29 is 4.74 Å². The zero-order valence-corrected chi connectivity index (χ0v) is 12.8. The number of halogens is 1. The smallest absolute Gasteiger partial charge is 0.186 e. The van der Waals surface area contributed by atoms with Gasteiger partial charge in [-0.1, -0.05) is 39.8 Å². The van der Waals surface area contributed by atoms with Crippen LogP contribution >= 0.6 is 27.7 Å². The number of thioether (sulfide) groups is 1. The van der Waals surface area contributed by atoms with Gasteiger partial charge >= 0.3 is 0 Å². The first kappa shape index (κ1) is 13.1. The van der Waals surface area contributed by atoms with Crippen molar-refractivity contribution in [3.05, 3.63) is 34.3 Å². The number of nitrogens with zero attached hydrogens (tertiary/aromatic N) is 3. The lowest BCUT2D eigenvalue weighted by Gasteiger charge is -2.29. The zero-order chi connectivity index (χ0) is 13.1. The number of hydrogen-bond donors (Lipinski definition) is 0. The molecular formula is C13H14BrN3OS. The summed E-state index contributed by atoms with van der Waals surface area (Å²) in [5.41, 5.74) is 2.18. The maximum Gasteiger partial charge on any atom is 0.186 e. The van der Waals surface area contributed by atoms with Crippen LogP contribution in [-0.2, 0) is 4.74 Å². The molecule has 0 saturated carbocycles. The molecule has 0 aliphatic carbocycles. The lowest BCUT2D eigenvalue weighted by molar-refractivity contribution is 0.0692. The van der Waals surface area contributed by atoms with E-state index in [-0.39, 0.29) is 0 Å². The molecule has 100 valence electrons. The molecule has 1 saturated heterocycles. The normalized spacial score (nSPS) is 19.9. The zero-order valence-electron chi connectivity index (χ0n) is 10.4. The summed E-state index contributed by atoms with van der Waals surface area (Å²) in [5.74, 6) is 0.873. The van der Waals surface area contributed by atoms with Gasteiger partial charge in [0.25, 0.3) is 0 Å². The maximum absolute atomic E-state index is 5.35. The van der Waals surface area contributed by atoms with Crippen molar-refractivity contribution in [3.8, 4) is 0 Å². The van der Waals surface area contributed by atoms with Gasteiger partial charge < -0.3 is 9.64 Å². The van der Waals surface area contributed by atoms with Gasteiger partial charge in [-0.3, -0.25) is 0 Å². The minimum absolute atomic E-state index is 0.781. The van der Waals surface area contributed by atoms with E-state index in [9.17, 15) is 0 Å². The number of morpholine rings is 1. The Bertz CT molecular complexity index is 509. The van der Waals surface area contributed by atoms with Gasteiger partial charge in [-0.15, -0.1) is 5.10 Å². The van der Waals surface area contributed by atoms with Crippen molar-refractivity contribution in [2.24, 2.45) is 10.2 Å². The van der Waals surface area contributed by atoms with Crippen LogP contribution in [0.5, 0.6) is 0 Å². The van der Waals surface area contributed by atoms with Crippen molar-refractivity contribution in [1.29, 1.82) is 0 Å². The fourth-order valence-electron chi connectivity index (χ4n) is 1.99. The Morgan fingerprint density at radius 1 is 1.11 bits per heavy atom. The average Bonchev–Trinajstić information content (AvgIpc) is 2.49. The minimum Gasteiger partial charge on any atom is -0.378 e. The predicted molar refractivity (Wildman–Crippen MR) is 83.0 cm³/mol. The Morgan fingerprint density at radius 3 is 2.47 bits per heavy atom. The molecule has 19 heavy (non-hydrogen) atoms. The predicted octanol–water partition coefficient (Wildman–Crippen LogP) is 2.59. The van der Waals surface area contributed by atoms with Gasteiger partial charge in [0.05, 0.1) is 18.9 Å². The standard InChI is InChI=1S/C13H14BrN3OS/c14-11-3-1-10(2-4-11)12-9-19-13(16-15-12)17-5-7-18-8-6-17/h1-4H,5-9H2.